The number of anilines is 1. The van der Waals surface area contributed by atoms with Gasteiger partial charge in [0, 0.05) is 25.4 Å². The topological polar surface area (TPSA) is 108 Å². The molecule has 2 unspecified atom stereocenters. The van der Waals surface area contributed by atoms with Crippen LogP contribution in [0.2, 0.25) is 0 Å². The molecule has 5 rings (SSSR count). The van der Waals surface area contributed by atoms with Gasteiger partial charge in [0.15, 0.2) is 0 Å². The molecular formula is C30H37N3O5. The van der Waals surface area contributed by atoms with Crippen LogP contribution in [0, 0.1) is 25.7 Å². The number of carbonyl (C=O) groups excluding carboxylic acids is 3. The molecule has 3 N–H and O–H groups in total. The molecule has 0 aliphatic carbocycles. The van der Waals surface area contributed by atoms with Crippen molar-refractivity contribution in [1.29, 1.82) is 0 Å². The smallest absolute Gasteiger partial charge is 0.250 e. The van der Waals surface area contributed by atoms with Crippen molar-refractivity contribution in [2.45, 2.75) is 70.2 Å². The molecule has 1 spiro atoms. The Balaban J connectivity index is 1.48. The molecular weight excluding hydrogens is 482 g/mol. The first-order valence-corrected chi connectivity index (χ1v) is 13.6. The molecule has 5 atom stereocenters. The molecule has 2 aromatic carbocycles. The van der Waals surface area contributed by atoms with Gasteiger partial charge in [0.25, 0.3) is 0 Å². The predicted octanol–water partition coefficient (Wildman–Crippen LogP) is 3.10. The van der Waals surface area contributed by atoms with E-state index in [-0.39, 0.29) is 30.9 Å². The normalized spacial score (nSPS) is 29.4. The van der Waals surface area contributed by atoms with E-state index in [4.69, 9.17) is 4.74 Å². The second-order valence-electron chi connectivity index (χ2n) is 11.0. The highest BCUT2D eigenvalue weighted by molar-refractivity contribution is 6.04. The van der Waals surface area contributed by atoms with E-state index >= 15 is 0 Å². The zero-order chi connectivity index (χ0) is 27.1. The highest BCUT2D eigenvalue weighted by Gasteiger charge is 2.78. The van der Waals surface area contributed by atoms with E-state index < -0.39 is 29.1 Å². The van der Waals surface area contributed by atoms with Gasteiger partial charge in [0.2, 0.25) is 17.7 Å². The van der Waals surface area contributed by atoms with Crippen molar-refractivity contribution in [3.63, 3.8) is 0 Å². The van der Waals surface area contributed by atoms with Gasteiger partial charge in [-0.25, -0.2) is 0 Å². The Bertz CT molecular complexity index is 1230. The van der Waals surface area contributed by atoms with Crippen LogP contribution in [0.3, 0.4) is 0 Å². The minimum Gasteiger partial charge on any atom is -0.396 e. The second-order valence-corrected chi connectivity index (χ2v) is 11.0. The Labute approximate surface area is 223 Å². The third-order valence-corrected chi connectivity index (χ3v) is 8.73. The first-order valence-electron chi connectivity index (χ1n) is 13.6. The lowest BCUT2D eigenvalue weighted by atomic mass is 9.65. The monoisotopic (exact) mass is 519 g/mol. The molecule has 2 aromatic rings. The summed E-state index contributed by atoms with van der Waals surface area (Å²) in [5.41, 5.74) is 1.72. The first-order chi connectivity index (χ1) is 18.3. The average molecular weight is 520 g/mol. The summed E-state index contributed by atoms with van der Waals surface area (Å²) >= 11 is 0. The number of fused-ring (bicyclic) bond motifs is 1. The standard InChI is InChI=1S/C30H37N3O5/c1-4-29-13-14-30(38-29)24(23(29)26(35)31-18-21-9-6-5-7-10-21)28(37)33(15-8-16-34)25(30)27(36)32-22-17-19(2)11-12-20(22)3/h5-7,9-12,17,23-25,34H,4,8,13-16,18H2,1-3H3,(H,31,35)(H,32,36)/t23-,24+,25?,29+,30?/m1/s1. The SMILES string of the molecule is CC[C@@]12CCC3(O1)C(C(=O)Nc1cc(C)ccc1C)N(CCCO)C(=O)[C@@H]3[C@@H]2C(=O)NCc1ccccc1. The number of aryl methyl sites for hydroxylation is 2. The maximum atomic E-state index is 14.0. The summed E-state index contributed by atoms with van der Waals surface area (Å²) in [6.07, 6.45) is 2.05. The lowest BCUT2D eigenvalue weighted by Gasteiger charge is -2.34. The van der Waals surface area contributed by atoms with Crippen LogP contribution in [-0.4, -0.2) is 58.1 Å². The van der Waals surface area contributed by atoms with E-state index in [1.165, 1.54) is 0 Å². The number of benzene rings is 2. The largest absolute Gasteiger partial charge is 0.396 e. The van der Waals surface area contributed by atoms with Crippen molar-refractivity contribution in [2.75, 3.05) is 18.5 Å². The molecule has 3 fully saturated rings. The highest BCUT2D eigenvalue weighted by atomic mass is 16.5. The van der Waals surface area contributed by atoms with Crippen LogP contribution in [0.4, 0.5) is 5.69 Å². The number of carbonyl (C=O) groups is 3. The van der Waals surface area contributed by atoms with E-state index in [1.807, 2.05) is 69.3 Å². The summed E-state index contributed by atoms with van der Waals surface area (Å²) in [6, 6.07) is 14.6. The van der Waals surface area contributed by atoms with Crippen molar-refractivity contribution >= 4 is 23.4 Å². The average Bonchev–Trinajstić information content (AvgIpc) is 3.52. The van der Waals surface area contributed by atoms with Gasteiger partial charge in [-0.3, -0.25) is 14.4 Å². The van der Waals surface area contributed by atoms with Gasteiger partial charge in [-0.2, -0.15) is 0 Å². The third kappa shape index (κ3) is 4.20. The fraction of sp³-hybridized carbons (Fsp3) is 0.500. The van der Waals surface area contributed by atoms with Gasteiger partial charge in [-0.1, -0.05) is 49.4 Å². The Hall–Kier alpha value is -3.23. The van der Waals surface area contributed by atoms with E-state index in [1.54, 1.807) is 4.90 Å². The van der Waals surface area contributed by atoms with Gasteiger partial charge >= 0.3 is 0 Å². The van der Waals surface area contributed by atoms with Crippen LogP contribution in [0.1, 0.15) is 49.3 Å². The Morgan fingerprint density at radius 2 is 1.87 bits per heavy atom. The van der Waals surface area contributed by atoms with E-state index in [0.717, 1.165) is 16.7 Å². The highest BCUT2D eigenvalue weighted by Crippen LogP contribution is 2.64. The van der Waals surface area contributed by atoms with Gasteiger partial charge in [-0.05, 0) is 62.3 Å². The fourth-order valence-electron chi connectivity index (χ4n) is 6.86. The molecule has 2 bridgehead atoms. The van der Waals surface area contributed by atoms with Gasteiger partial charge in [-0.15, -0.1) is 0 Å². The Morgan fingerprint density at radius 1 is 1.11 bits per heavy atom. The number of amides is 3. The van der Waals surface area contributed by atoms with Crippen LogP contribution in [0.5, 0.6) is 0 Å². The third-order valence-electron chi connectivity index (χ3n) is 8.73. The molecule has 3 amide bonds. The zero-order valence-corrected chi connectivity index (χ0v) is 22.3. The summed E-state index contributed by atoms with van der Waals surface area (Å²) in [5.74, 6) is -2.21. The van der Waals surface area contributed by atoms with Crippen molar-refractivity contribution in [1.82, 2.24) is 10.2 Å². The van der Waals surface area contributed by atoms with Gasteiger partial charge in [0.1, 0.15) is 11.6 Å². The number of ether oxygens (including phenoxy) is 1. The molecule has 3 aliphatic rings. The summed E-state index contributed by atoms with van der Waals surface area (Å²) < 4.78 is 6.77. The lowest BCUT2D eigenvalue weighted by molar-refractivity contribution is -0.146. The first kappa shape index (κ1) is 26.4. The van der Waals surface area contributed by atoms with Crippen LogP contribution in [0.15, 0.2) is 48.5 Å². The summed E-state index contributed by atoms with van der Waals surface area (Å²) in [6.45, 7) is 6.34. The molecule has 3 heterocycles. The van der Waals surface area contributed by atoms with Crippen molar-refractivity contribution in [2.24, 2.45) is 11.8 Å². The molecule has 8 heteroatoms. The van der Waals surface area contributed by atoms with Crippen LogP contribution in [0.25, 0.3) is 0 Å². The van der Waals surface area contributed by atoms with Crippen LogP contribution >= 0.6 is 0 Å². The predicted molar refractivity (Wildman–Crippen MR) is 143 cm³/mol. The maximum absolute atomic E-state index is 14.0. The van der Waals surface area contributed by atoms with Gasteiger partial charge in [0.05, 0.1) is 17.4 Å². The van der Waals surface area contributed by atoms with Crippen LogP contribution in [-0.2, 0) is 25.7 Å². The second kappa shape index (κ2) is 10.2. The number of rotatable bonds is 9. The fourth-order valence-corrected chi connectivity index (χ4v) is 6.86. The minimum absolute atomic E-state index is 0.104. The lowest BCUT2D eigenvalue weighted by Crippen LogP contribution is -2.53. The Morgan fingerprint density at radius 3 is 2.58 bits per heavy atom. The van der Waals surface area contributed by atoms with Crippen molar-refractivity contribution in [3.8, 4) is 0 Å². The number of hydrogen-bond acceptors (Lipinski definition) is 5. The quantitative estimate of drug-likeness (QED) is 0.472. The molecule has 3 aliphatic heterocycles. The number of likely N-dealkylation sites (tertiary alicyclic amines) is 1. The number of hydrogen-bond donors (Lipinski definition) is 3. The minimum atomic E-state index is -1.08. The number of nitrogens with zero attached hydrogens (tertiary/aromatic N) is 1. The number of nitrogens with one attached hydrogen (secondary N) is 2. The molecule has 38 heavy (non-hydrogen) atoms. The zero-order valence-electron chi connectivity index (χ0n) is 22.3. The van der Waals surface area contributed by atoms with E-state index in [9.17, 15) is 19.5 Å². The van der Waals surface area contributed by atoms with Crippen molar-refractivity contribution < 1.29 is 24.2 Å². The summed E-state index contributed by atoms with van der Waals surface area (Å²) in [5, 5.41) is 15.6. The number of aliphatic hydroxyl groups is 1. The molecule has 0 radical (unpaired) electrons. The molecule has 202 valence electrons. The van der Waals surface area contributed by atoms with E-state index in [2.05, 4.69) is 10.6 Å². The summed E-state index contributed by atoms with van der Waals surface area (Å²) in [7, 11) is 0. The van der Waals surface area contributed by atoms with Crippen molar-refractivity contribution in [3.05, 3.63) is 65.2 Å². The molecule has 0 saturated carbocycles. The molecule has 0 aromatic heterocycles. The van der Waals surface area contributed by atoms with Crippen LogP contribution < -0.4 is 10.6 Å². The number of aliphatic hydroxyl groups excluding tert-OH is 1. The van der Waals surface area contributed by atoms with E-state index in [0.29, 0.717) is 37.9 Å². The Kier molecular flexibility index (Phi) is 7.05. The van der Waals surface area contributed by atoms with Gasteiger partial charge < -0.3 is 25.4 Å². The molecule has 8 nitrogen and oxygen atoms in total. The molecule has 3 saturated heterocycles. The summed E-state index contributed by atoms with van der Waals surface area (Å²) in [4.78, 5) is 43.2. The maximum Gasteiger partial charge on any atom is 0.250 e.